The monoisotopic (exact) mass is 356 g/mol. The number of pyridine rings is 1. The second-order valence-electron chi connectivity index (χ2n) is 5.80. The lowest BCUT2D eigenvalue weighted by Crippen LogP contribution is -2.16. The molecule has 0 radical (unpaired) electrons. The fourth-order valence-corrected chi connectivity index (χ4v) is 3.84. The summed E-state index contributed by atoms with van der Waals surface area (Å²) in [7, 11) is -4.00. The van der Waals surface area contributed by atoms with Crippen LogP contribution in [0, 0.1) is 13.8 Å². The van der Waals surface area contributed by atoms with Crippen molar-refractivity contribution in [1.29, 1.82) is 0 Å². The number of fused-ring (bicyclic) bond motifs is 1. The maximum Gasteiger partial charge on any atom is 0.337 e. The highest BCUT2D eigenvalue weighted by atomic mass is 32.2. The molecule has 0 fully saturated rings. The fourth-order valence-electron chi connectivity index (χ4n) is 2.58. The van der Waals surface area contributed by atoms with E-state index in [-0.39, 0.29) is 16.1 Å². The van der Waals surface area contributed by atoms with Gasteiger partial charge >= 0.3 is 5.97 Å². The molecule has 2 aromatic carbocycles. The van der Waals surface area contributed by atoms with Crippen LogP contribution in [0.5, 0.6) is 0 Å². The quantitative estimate of drug-likeness (QED) is 0.747. The number of aromatic carboxylic acids is 1. The SMILES string of the molecule is Cc1ccc(NS(=O)(=O)c2cccc3cc(C)cnc23)c(C(=O)O)c1. The minimum atomic E-state index is -4.00. The number of carboxylic acid groups (broad SMARTS) is 1. The Morgan fingerprint density at radius 2 is 1.84 bits per heavy atom. The molecule has 7 heteroatoms. The Bertz CT molecular complexity index is 1090. The molecule has 3 aromatic rings. The molecule has 0 aliphatic rings. The van der Waals surface area contributed by atoms with Crippen LogP contribution < -0.4 is 4.72 Å². The van der Waals surface area contributed by atoms with Crippen LogP contribution in [0.15, 0.2) is 53.6 Å². The molecule has 0 spiro atoms. The van der Waals surface area contributed by atoms with Crippen molar-refractivity contribution in [3.8, 4) is 0 Å². The summed E-state index contributed by atoms with van der Waals surface area (Å²) in [6.07, 6.45) is 1.59. The molecule has 0 aliphatic heterocycles. The Morgan fingerprint density at radius 3 is 2.56 bits per heavy atom. The van der Waals surface area contributed by atoms with E-state index in [1.165, 1.54) is 18.2 Å². The van der Waals surface area contributed by atoms with Gasteiger partial charge in [0.25, 0.3) is 10.0 Å². The van der Waals surface area contributed by atoms with Gasteiger partial charge in [0.2, 0.25) is 0 Å². The van der Waals surface area contributed by atoms with Crippen LogP contribution in [0.4, 0.5) is 5.69 Å². The first-order valence-corrected chi connectivity index (χ1v) is 8.98. The van der Waals surface area contributed by atoms with E-state index in [1.54, 1.807) is 31.3 Å². The Balaban J connectivity index is 2.12. The summed E-state index contributed by atoms with van der Waals surface area (Å²) in [5.74, 6) is -1.20. The van der Waals surface area contributed by atoms with E-state index in [1.807, 2.05) is 13.0 Å². The van der Waals surface area contributed by atoms with E-state index in [4.69, 9.17) is 0 Å². The minimum absolute atomic E-state index is 0.00177. The Labute approximate surface area is 145 Å². The van der Waals surface area contributed by atoms with Gasteiger partial charge in [0, 0.05) is 11.6 Å². The second kappa shape index (κ2) is 6.18. The van der Waals surface area contributed by atoms with Crippen LogP contribution in [0.2, 0.25) is 0 Å². The third kappa shape index (κ3) is 3.32. The third-order valence-corrected chi connectivity index (χ3v) is 5.15. The van der Waals surface area contributed by atoms with Crippen molar-refractivity contribution in [2.75, 3.05) is 4.72 Å². The molecule has 0 unspecified atom stereocenters. The summed E-state index contributed by atoms with van der Waals surface area (Å²) < 4.78 is 28.0. The molecule has 25 heavy (non-hydrogen) atoms. The van der Waals surface area contributed by atoms with Crippen LogP contribution in [-0.4, -0.2) is 24.5 Å². The number of aryl methyl sites for hydroxylation is 2. The van der Waals surface area contributed by atoms with E-state index in [0.29, 0.717) is 10.9 Å². The van der Waals surface area contributed by atoms with Gasteiger partial charge in [0.15, 0.2) is 0 Å². The van der Waals surface area contributed by atoms with E-state index in [0.717, 1.165) is 11.1 Å². The van der Waals surface area contributed by atoms with Crippen molar-refractivity contribution in [2.45, 2.75) is 18.7 Å². The first-order valence-electron chi connectivity index (χ1n) is 7.50. The average Bonchev–Trinajstić information content (AvgIpc) is 2.55. The van der Waals surface area contributed by atoms with Crippen LogP contribution in [0.1, 0.15) is 21.5 Å². The number of rotatable bonds is 4. The smallest absolute Gasteiger partial charge is 0.337 e. The first kappa shape index (κ1) is 16.9. The Morgan fingerprint density at radius 1 is 1.08 bits per heavy atom. The molecule has 1 aromatic heterocycles. The van der Waals surface area contributed by atoms with Gasteiger partial charge < -0.3 is 5.11 Å². The number of carboxylic acids is 1. The number of anilines is 1. The van der Waals surface area contributed by atoms with Gasteiger partial charge in [-0.25, -0.2) is 13.2 Å². The average molecular weight is 356 g/mol. The number of hydrogen-bond donors (Lipinski definition) is 2. The Hall–Kier alpha value is -2.93. The summed E-state index contributed by atoms with van der Waals surface area (Å²) in [5, 5.41) is 10.0. The molecule has 0 aliphatic carbocycles. The number of nitrogens with zero attached hydrogens (tertiary/aromatic N) is 1. The largest absolute Gasteiger partial charge is 0.478 e. The van der Waals surface area contributed by atoms with Crippen molar-refractivity contribution in [2.24, 2.45) is 0 Å². The number of sulfonamides is 1. The molecule has 3 rings (SSSR count). The summed E-state index contributed by atoms with van der Waals surface area (Å²) in [4.78, 5) is 15.6. The zero-order chi connectivity index (χ0) is 18.2. The maximum absolute atomic E-state index is 12.8. The van der Waals surface area contributed by atoms with Crippen LogP contribution in [0.3, 0.4) is 0 Å². The molecule has 2 N–H and O–H groups in total. The van der Waals surface area contributed by atoms with Gasteiger partial charge in [0.1, 0.15) is 4.90 Å². The number of hydrogen-bond acceptors (Lipinski definition) is 4. The van der Waals surface area contributed by atoms with Crippen LogP contribution in [0.25, 0.3) is 10.9 Å². The maximum atomic E-state index is 12.8. The molecule has 0 saturated heterocycles. The van der Waals surface area contributed by atoms with Gasteiger partial charge in [-0.05, 0) is 43.7 Å². The van der Waals surface area contributed by atoms with E-state index < -0.39 is 16.0 Å². The third-order valence-electron chi connectivity index (χ3n) is 3.75. The predicted molar refractivity (Wildman–Crippen MR) is 95.4 cm³/mol. The summed E-state index contributed by atoms with van der Waals surface area (Å²) in [6, 6.07) is 11.2. The summed E-state index contributed by atoms with van der Waals surface area (Å²) >= 11 is 0. The molecule has 0 saturated carbocycles. The molecule has 1 heterocycles. The molecule has 128 valence electrons. The van der Waals surface area contributed by atoms with E-state index >= 15 is 0 Å². The van der Waals surface area contributed by atoms with Crippen molar-refractivity contribution < 1.29 is 18.3 Å². The molecule has 0 atom stereocenters. The van der Waals surface area contributed by atoms with E-state index in [9.17, 15) is 18.3 Å². The highest BCUT2D eigenvalue weighted by Gasteiger charge is 2.21. The zero-order valence-corrected chi connectivity index (χ0v) is 14.5. The first-order chi connectivity index (χ1) is 11.8. The second-order valence-corrected chi connectivity index (χ2v) is 7.45. The number of nitrogens with one attached hydrogen (secondary N) is 1. The van der Waals surface area contributed by atoms with Gasteiger partial charge in [-0.2, -0.15) is 0 Å². The van der Waals surface area contributed by atoms with Crippen molar-refractivity contribution in [1.82, 2.24) is 4.98 Å². The Kier molecular flexibility index (Phi) is 4.18. The lowest BCUT2D eigenvalue weighted by molar-refractivity contribution is 0.0698. The minimum Gasteiger partial charge on any atom is -0.478 e. The summed E-state index contributed by atoms with van der Waals surface area (Å²) in [5.41, 5.74) is 1.89. The van der Waals surface area contributed by atoms with Crippen molar-refractivity contribution in [3.05, 3.63) is 65.4 Å². The van der Waals surface area contributed by atoms with Crippen LogP contribution >= 0.6 is 0 Å². The van der Waals surface area contributed by atoms with Crippen molar-refractivity contribution in [3.63, 3.8) is 0 Å². The molecule has 0 bridgehead atoms. The standard InChI is InChI=1S/C18H16N2O4S/c1-11-6-7-15(14(9-11)18(21)22)20-25(23,24)16-5-3-4-13-8-12(2)10-19-17(13)16/h3-10,20H,1-2H3,(H,21,22). The fraction of sp³-hybridized carbons (Fsp3) is 0.111. The lowest BCUT2D eigenvalue weighted by atomic mass is 10.1. The molecule has 0 amide bonds. The van der Waals surface area contributed by atoms with Gasteiger partial charge in [0.05, 0.1) is 16.8 Å². The predicted octanol–water partition coefficient (Wildman–Crippen LogP) is 3.35. The van der Waals surface area contributed by atoms with Crippen molar-refractivity contribution >= 4 is 32.6 Å². The highest BCUT2D eigenvalue weighted by Crippen LogP contribution is 2.26. The zero-order valence-electron chi connectivity index (χ0n) is 13.6. The molecule has 6 nitrogen and oxygen atoms in total. The van der Waals surface area contributed by atoms with Gasteiger partial charge in [-0.1, -0.05) is 23.8 Å². The van der Waals surface area contributed by atoms with Gasteiger partial charge in [-0.3, -0.25) is 9.71 Å². The number of carbonyl (C=O) groups is 1. The number of para-hydroxylation sites is 1. The molecular formula is C18H16N2O4S. The summed E-state index contributed by atoms with van der Waals surface area (Å²) in [6.45, 7) is 3.61. The van der Waals surface area contributed by atoms with Gasteiger partial charge in [-0.15, -0.1) is 0 Å². The van der Waals surface area contributed by atoms with E-state index in [2.05, 4.69) is 9.71 Å². The highest BCUT2D eigenvalue weighted by molar-refractivity contribution is 7.93. The molecular weight excluding hydrogens is 340 g/mol. The van der Waals surface area contributed by atoms with Crippen LogP contribution in [-0.2, 0) is 10.0 Å². The number of aromatic nitrogens is 1. The number of benzene rings is 2. The topological polar surface area (TPSA) is 96.4 Å². The lowest BCUT2D eigenvalue weighted by Gasteiger charge is -2.12. The normalized spacial score (nSPS) is 11.4.